The molecule has 3 N–H and O–H groups in total. The molecule has 4 amide bonds. The van der Waals surface area contributed by atoms with Gasteiger partial charge in [0.2, 0.25) is 11.8 Å². The lowest BCUT2D eigenvalue weighted by atomic mass is 9.98. The van der Waals surface area contributed by atoms with E-state index >= 15 is 0 Å². The highest BCUT2D eigenvalue weighted by atomic mass is 16.3. The number of piperazine rings is 1. The van der Waals surface area contributed by atoms with Gasteiger partial charge in [-0.25, -0.2) is 14.8 Å². The van der Waals surface area contributed by atoms with Gasteiger partial charge in [-0.1, -0.05) is 60.7 Å². The van der Waals surface area contributed by atoms with Crippen LogP contribution in [0.5, 0.6) is 5.75 Å². The first-order chi connectivity index (χ1) is 19.9. The van der Waals surface area contributed by atoms with Crippen LogP contribution in [-0.4, -0.2) is 81.7 Å². The summed E-state index contributed by atoms with van der Waals surface area (Å²) in [5.41, 5.74) is 5.08. The van der Waals surface area contributed by atoms with Crippen LogP contribution in [0.3, 0.4) is 0 Å². The van der Waals surface area contributed by atoms with Gasteiger partial charge in [0.1, 0.15) is 18.0 Å². The second-order valence-corrected chi connectivity index (χ2v) is 10.8. The lowest BCUT2D eigenvalue weighted by molar-refractivity contribution is -0.187. The number of urea groups is 1. The average molecular weight is 555 g/mol. The van der Waals surface area contributed by atoms with Crippen LogP contribution in [0.15, 0.2) is 72.8 Å². The van der Waals surface area contributed by atoms with Crippen LogP contribution >= 0.6 is 0 Å². The molecule has 3 aliphatic rings. The highest BCUT2D eigenvalue weighted by Gasteiger charge is 2.50. The summed E-state index contributed by atoms with van der Waals surface area (Å²) in [5.74, 6) is -0.235. The molecule has 3 aromatic rings. The van der Waals surface area contributed by atoms with Crippen LogP contribution in [0.1, 0.15) is 22.3 Å². The van der Waals surface area contributed by atoms with Gasteiger partial charge in [0.25, 0.3) is 0 Å². The second kappa shape index (κ2) is 11.1. The Morgan fingerprint density at radius 2 is 1.78 bits per heavy atom. The number of phenols is 1. The number of likely N-dealkylation sites (N-methyl/N-ethyl adjacent to an activating group) is 1. The van der Waals surface area contributed by atoms with E-state index in [1.807, 2.05) is 42.5 Å². The number of fused-ring (bicyclic) bond motifs is 2. The van der Waals surface area contributed by atoms with E-state index in [2.05, 4.69) is 16.7 Å². The van der Waals surface area contributed by atoms with Crippen LogP contribution in [0.25, 0.3) is 0 Å². The molecule has 3 heterocycles. The first-order valence-corrected chi connectivity index (χ1v) is 13.9. The van der Waals surface area contributed by atoms with E-state index in [9.17, 15) is 19.5 Å². The number of hydrazine groups is 1. The Kier molecular flexibility index (Phi) is 7.23. The minimum absolute atomic E-state index is 0.0231. The normalized spacial score (nSPS) is 20.5. The molecule has 1 unspecified atom stereocenters. The molecule has 41 heavy (non-hydrogen) atoms. The molecule has 3 aliphatic heterocycles. The molecular weight excluding hydrogens is 520 g/mol. The monoisotopic (exact) mass is 554 g/mol. The number of phenolic OH excluding ortho intramolecular Hbond substituents is 1. The second-order valence-electron chi connectivity index (χ2n) is 10.8. The van der Waals surface area contributed by atoms with E-state index in [-0.39, 0.29) is 43.1 Å². The highest BCUT2D eigenvalue weighted by Crippen LogP contribution is 2.32. The third kappa shape index (κ3) is 5.30. The van der Waals surface area contributed by atoms with Gasteiger partial charge >= 0.3 is 6.03 Å². The summed E-state index contributed by atoms with van der Waals surface area (Å²) < 4.78 is 0. The lowest BCUT2D eigenvalue weighted by Crippen LogP contribution is -2.76. The number of hydrogen-bond donors (Lipinski definition) is 3. The zero-order valence-electron chi connectivity index (χ0n) is 23.0. The first kappa shape index (κ1) is 26.6. The Balaban J connectivity index is 1.32. The predicted octanol–water partition coefficient (Wildman–Crippen LogP) is 2.54. The van der Waals surface area contributed by atoms with Gasteiger partial charge in [-0.3, -0.25) is 9.59 Å². The summed E-state index contributed by atoms with van der Waals surface area (Å²) in [6.07, 6.45) is 0.527. The summed E-state index contributed by atoms with van der Waals surface area (Å²) in [5, 5.41) is 19.4. The summed E-state index contributed by atoms with van der Waals surface area (Å²) in [6, 6.07) is 21.3. The standard InChI is InChI=1S/C31H34N6O4/c1-34-20-28(39)36-26(16-21-10-12-25(38)13-11-21)30(40)35(18-24-9-5-8-23-14-15-32-29(23)24)19-27(36)37(34)31(41)33-17-22-6-3-2-4-7-22/h2-13,26-27,32,38H,14-20H2,1H3,(H,33,41)/t26-,27?/m0/s1. The van der Waals surface area contributed by atoms with Crippen molar-refractivity contribution in [2.24, 2.45) is 0 Å². The molecule has 2 atom stereocenters. The van der Waals surface area contributed by atoms with Gasteiger partial charge in [0, 0.05) is 38.8 Å². The molecule has 0 aromatic heterocycles. The van der Waals surface area contributed by atoms with Crippen molar-refractivity contribution in [2.45, 2.75) is 38.1 Å². The summed E-state index contributed by atoms with van der Waals surface area (Å²) in [7, 11) is 1.72. The van der Waals surface area contributed by atoms with Gasteiger partial charge in [0.05, 0.1) is 13.1 Å². The predicted molar refractivity (Wildman–Crippen MR) is 153 cm³/mol. The molecule has 10 nitrogen and oxygen atoms in total. The first-order valence-electron chi connectivity index (χ1n) is 13.9. The molecular formula is C31H34N6O4. The number of benzene rings is 3. The quantitative estimate of drug-likeness (QED) is 0.432. The van der Waals surface area contributed by atoms with Crippen molar-refractivity contribution >= 4 is 23.5 Å². The van der Waals surface area contributed by atoms with Crippen molar-refractivity contribution < 1.29 is 19.5 Å². The van der Waals surface area contributed by atoms with Crippen LogP contribution < -0.4 is 10.6 Å². The average Bonchev–Trinajstić information content (AvgIpc) is 3.46. The molecule has 0 aliphatic carbocycles. The number of hydrogen-bond acceptors (Lipinski definition) is 6. The maximum atomic E-state index is 14.1. The van der Waals surface area contributed by atoms with Gasteiger partial charge in [-0.05, 0) is 40.8 Å². The van der Waals surface area contributed by atoms with Gasteiger partial charge < -0.3 is 25.5 Å². The Morgan fingerprint density at radius 1 is 1.00 bits per heavy atom. The number of nitrogens with one attached hydrogen (secondary N) is 2. The van der Waals surface area contributed by atoms with E-state index in [0.29, 0.717) is 13.1 Å². The molecule has 0 radical (unpaired) electrons. The van der Waals surface area contributed by atoms with Gasteiger partial charge in [-0.15, -0.1) is 0 Å². The number of anilines is 1. The molecule has 0 saturated carbocycles. The van der Waals surface area contributed by atoms with Crippen LogP contribution in [0, 0.1) is 0 Å². The summed E-state index contributed by atoms with van der Waals surface area (Å²) in [6.45, 7) is 1.72. The highest BCUT2D eigenvalue weighted by molar-refractivity contribution is 5.91. The largest absolute Gasteiger partial charge is 0.508 e. The van der Waals surface area contributed by atoms with E-state index in [4.69, 9.17) is 0 Å². The fraction of sp³-hybridized carbons (Fsp3) is 0.323. The van der Waals surface area contributed by atoms with Crippen LogP contribution in [0.2, 0.25) is 0 Å². The van der Waals surface area contributed by atoms with Crippen molar-refractivity contribution in [3.05, 3.63) is 95.1 Å². The van der Waals surface area contributed by atoms with Crippen molar-refractivity contribution in [2.75, 3.05) is 32.0 Å². The van der Waals surface area contributed by atoms with Gasteiger partial charge in [0.15, 0.2) is 0 Å². The SMILES string of the molecule is CN1CC(=O)N2C(CN(Cc3cccc4c3NCC4)C(=O)[C@@H]2Cc2ccc(O)cc2)N1C(=O)NCc1ccccc1. The number of carbonyl (C=O) groups excluding carboxylic acids is 3. The number of nitrogens with zero attached hydrogens (tertiary/aromatic N) is 4. The number of aromatic hydroxyl groups is 1. The Bertz CT molecular complexity index is 1450. The molecule has 0 bridgehead atoms. The molecule has 10 heteroatoms. The number of carbonyl (C=O) groups is 3. The van der Waals surface area contributed by atoms with Crippen LogP contribution in [0.4, 0.5) is 10.5 Å². The minimum atomic E-state index is -0.798. The summed E-state index contributed by atoms with van der Waals surface area (Å²) in [4.78, 5) is 44.6. The number of para-hydroxylation sites is 1. The molecule has 212 valence electrons. The Hall–Kier alpha value is -4.57. The Morgan fingerprint density at radius 3 is 2.56 bits per heavy atom. The molecule has 3 aromatic carbocycles. The van der Waals surface area contributed by atoms with E-state index < -0.39 is 12.2 Å². The fourth-order valence-corrected chi connectivity index (χ4v) is 6.11. The number of amides is 4. The topological polar surface area (TPSA) is 108 Å². The third-order valence-electron chi connectivity index (χ3n) is 8.09. The fourth-order valence-electron chi connectivity index (χ4n) is 6.11. The van der Waals surface area contributed by atoms with E-state index in [1.54, 1.807) is 51.1 Å². The van der Waals surface area contributed by atoms with Gasteiger partial charge in [-0.2, -0.15) is 0 Å². The molecule has 2 saturated heterocycles. The zero-order valence-corrected chi connectivity index (χ0v) is 23.0. The molecule has 6 rings (SSSR count). The number of rotatable bonds is 6. The third-order valence-corrected chi connectivity index (χ3v) is 8.09. The Labute approximate surface area is 239 Å². The molecule has 0 spiro atoms. The van der Waals surface area contributed by atoms with Crippen LogP contribution in [-0.2, 0) is 35.5 Å². The van der Waals surface area contributed by atoms with E-state index in [0.717, 1.165) is 35.3 Å². The minimum Gasteiger partial charge on any atom is -0.508 e. The van der Waals surface area contributed by atoms with Crippen molar-refractivity contribution in [1.82, 2.24) is 25.1 Å². The van der Waals surface area contributed by atoms with E-state index in [1.165, 1.54) is 5.56 Å². The molecule has 2 fully saturated rings. The van der Waals surface area contributed by atoms with Crippen molar-refractivity contribution in [3.8, 4) is 5.75 Å². The summed E-state index contributed by atoms with van der Waals surface area (Å²) >= 11 is 0. The lowest BCUT2D eigenvalue weighted by Gasteiger charge is -2.54. The smallest absolute Gasteiger partial charge is 0.334 e. The maximum absolute atomic E-state index is 14.1. The van der Waals surface area contributed by atoms with Crippen molar-refractivity contribution in [1.29, 1.82) is 0 Å². The van der Waals surface area contributed by atoms with Crippen molar-refractivity contribution in [3.63, 3.8) is 0 Å². The zero-order chi connectivity index (χ0) is 28.5. The maximum Gasteiger partial charge on any atom is 0.334 e.